The van der Waals surface area contributed by atoms with Gasteiger partial charge in [-0.1, -0.05) is 19.1 Å². The Morgan fingerprint density at radius 3 is 2.65 bits per heavy atom. The second kappa shape index (κ2) is 8.55. The fraction of sp³-hybridized carbons (Fsp3) is 0.360. The second-order valence-corrected chi connectivity index (χ2v) is 8.34. The highest BCUT2D eigenvalue weighted by Crippen LogP contribution is 2.24. The summed E-state index contributed by atoms with van der Waals surface area (Å²) in [6.45, 7) is 6.83. The Kier molecular flexibility index (Phi) is 5.47. The number of anilines is 1. The van der Waals surface area contributed by atoms with Gasteiger partial charge in [0.2, 0.25) is 0 Å². The number of carbonyl (C=O) groups excluding carboxylic acids is 1. The third-order valence-electron chi connectivity index (χ3n) is 6.29. The van der Waals surface area contributed by atoms with Crippen molar-refractivity contribution in [2.24, 2.45) is 4.99 Å². The number of hydrogen-bond acceptors (Lipinski definition) is 6. The van der Waals surface area contributed by atoms with E-state index in [-0.39, 0.29) is 5.78 Å². The molecule has 31 heavy (non-hydrogen) atoms. The van der Waals surface area contributed by atoms with Crippen LogP contribution in [-0.4, -0.2) is 52.5 Å². The average Bonchev–Trinajstić information content (AvgIpc) is 3.34. The molecule has 3 aliphatic rings. The first-order valence-electron chi connectivity index (χ1n) is 11.1. The molecule has 6 nitrogen and oxygen atoms in total. The molecule has 0 N–H and O–H groups in total. The van der Waals surface area contributed by atoms with Crippen molar-refractivity contribution in [3.05, 3.63) is 71.0 Å². The Balaban J connectivity index is 1.18. The van der Waals surface area contributed by atoms with Gasteiger partial charge in [-0.05, 0) is 41.3 Å². The van der Waals surface area contributed by atoms with Gasteiger partial charge in [-0.2, -0.15) is 0 Å². The van der Waals surface area contributed by atoms with Crippen LogP contribution >= 0.6 is 0 Å². The van der Waals surface area contributed by atoms with E-state index in [2.05, 4.69) is 49.0 Å². The van der Waals surface area contributed by atoms with Crippen LogP contribution in [0.1, 0.15) is 42.3 Å². The molecule has 0 atom stereocenters. The lowest BCUT2D eigenvalue weighted by molar-refractivity contribution is -0.115. The summed E-state index contributed by atoms with van der Waals surface area (Å²) in [7, 11) is 0. The summed E-state index contributed by atoms with van der Waals surface area (Å²) >= 11 is 0. The van der Waals surface area contributed by atoms with Crippen LogP contribution in [-0.2, 0) is 17.8 Å². The normalized spacial score (nSPS) is 18.7. The van der Waals surface area contributed by atoms with Crippen molar-refractivity contribution in [3.63, 3.8) is 0 Å². The molecular formula is C25H27N5O. The largest absolute Gasteiger partial charge is 0.368 e. The first-order chi connectivity index (χ1) is 15.2. The minimum atomic E-state index is 0.235. The minimum absolute atomic E-state index is 0.235. The van der Waals surface area contributed by atoms with Crippen LogP contribution in [0, 0.1) is 0 Å². The van der Waals surface area contributed by atoms with Gasteiger partial charge in [-0.25, -0.2) is 0 Å². The van der Waals surface area contributed by atoms with E-state index < -0.39 is 0 Å². The first-order valence-corrected chi connectivity index (χ1v) is 11.1. The maximum atomic E-state index is 12.2. The molecule has 0 bridgehead atoms. The topological polar surface area (TPSA) is 61.7 Å². The van der Waals surface area contributed by atoms with Crippen molar-refractivity contribution in [2.75, 3.05) is 31.1 Å². The van der Waals surface area contributed by atoms with Crippen molar-refractivity contribution in [2.45, 2.75) is 32.7 Å². The number of nitrogens with zero attached hydrogens (tertiary/aromatic N) is 5. The van der Waals surface area contributed by atoms with Crippen molar-refractivity contribution in [1.29, 1.82) is 0 Å². The van der Waals surface area contributed by atoms with E-state index >= 15 is 0 Å². The number of rotatable bonds is 5. The molecular weight excluding hydrogens is 386 g/mol. The number of carbonyl (C=O) groups is 1. The van der Waals surface area contributed by atoms with Crippen LogP contribution in [0.4, 0.5) is 5.69 Å². The maximum absolute atomic E-state index is 12.2. The quantitative estimate of drug-likeness (QED) is 0.752. The molecule has 158 valence electrons. The highest BCUT2D eigenvalue weighted by Gasteiger charge is 2.21. The number of ketones is 1. The van der Waals surface area contributed by atoms with Crippen LogP contribution in [0.25, 0.3) is 6.08 Å². The monoisotopic (exact) mass is 413 g/mol. The van der Waals surface area contributed by atoms with Crippen molar-refractivity contribution < 1.29 is 4.79 Å². The van der Waals surface area contributed by atoms with Gasteiger partial charge in [0, 0.05) is 58.0 Å². The highest BCUT2D eigenvalue weighted by molar-refractivity contribution is 6.03. The number of Topliss-reactive ketones (excluding diaryl/α,β-unsaturated/α-hetero) is 1. The Morgan fingerprint density at radius 2 is 1.94 bits per heavy atom. The number of allylic oxidation sites excluding steroid dienone is 2. The Labute approximate surface area is 183 Å². The molecule has 0 aromatic carbocycles. The van der Waals surface area contributed by atoms with Crippen molar-refractivity contribution in [3.8, 4) is 0 Å². The van der Waals surface area contributed by atoms with Gasteiger partial charge in [-0.15, -0.1) is 0 Å². The summed E-state index contributed by atoms with van der Waals surface area (Å²) in [5.41, 5.74) is 7.27. The van der Waals surface area contributed by atoms with Gasteiger partial charge < -0.3 is 4.90 Å². The predicted molar refractivity (Wildman–Crippen MR) is 123 cm³/mol. The number of piperazine rings is 1. The molecule has 1 aliphatic carbocycles. The lowest BCUT2D eigenvalue weighted by Gasteiger charge is -2.36. The highest BCUT2D eigenvalue weighted by atomic mass is 16.1. The average molecular weight is 414 g/mol. The van der Waals surface area contributed by atoms with E-state index in [0.29, 0.717) is 6.42 Å². The zero-order valence-corrected chi connectivity index (χ0v) is 17.9. The zero-order valence-electron chi connectivity index (χ0n) is 17.9. The Bertz CT molecular complexity index is 1080. The Morgan fingerprint density at radius 1 is 1.06 bits per heavy atom. The van der Waals surface area contributed by atoms with Gasteiger partial charge in [0.15, 0.2) is 5.78 Å². The summed E-state index contributed by atoms with van der Waals surface area (Å²) in [4.78, 5) is 30.7. The summed E-state index contributed by atoms with van der Waals surface area (Å²) in [6.07, 6.45) is 11.9. The summed E-state index contributed by atoms with van der Waals surface area (Å²) in [5.74, 6) is 0.235. The molecule has 0 unspecified atom stereocenters. The predicted octanol–water partition coefficient (Wildman–Crippen LogP) is 3.42. The van der Waals surface area contributed by atoms with E-state index in [0.717, 1.165) is 73.8 Å². The molecule has 0 amide bonds. The van der Waals surface area contributed by atoms with Crippen molar-refractivity contribution >= 4 is 23.3 Å². The van der Waals surface area contributed by atoms with Crippen LogP contribution in [0.2, 0.25) is 0 Å². The molecule has 0 spiro atoms. The van der Waals surface area contributed by atoms with Gasteiger partial charge >= 0.3 is 0 Å². The third-order valence-corrected chi connectivity index (χ3v) is 6.29. The third kappa shape index (κ3) is 4.21. The van der Waals surface area contributed by atoms with E-state index in [1.54, 1.807) is 0 Å². The molecule has 1 fully saturated rings. The van der Waals surface area contributed by atoms with Crippen LogP contribution in [0.15, 0.2) is 53.4 Å². The molecule has 2 aliphatic heterocycles. The molecule has 0 saturated carbocycles. The number of hydrogen-bond donors (Lipinski definition) is 0. The SMILES string of the molecule is CCC1=Cc2ncc(CN3CCN(c4ccc(C5=NC=CC5)nc4)CC3)cc2CC1=O. The number of fused-ring (bicyclic) bond motifs is 1. The summed E-state index contributed by atoms with van der Waals surface area (Å²) < 4.78 is 0. The molecule has 5 rings (SSSR count). The second-order valence-electron chi connectivity index (χ2n) is 8.34. The van der Waals surface area contributed by atoms with Crippen LogP contribution in [0.3, 0.4) is 0 Å². The lowest BCUT2D eigenvalue weighted by Crippen LogP contribution is -2.46. The van der Waals surface area contributed by atoms with Crippen LogP contribution in [0.5, 0.6) is 0 Å². The lowest BCUT2D eigenvalue weighted by atomic mass is 9.92. The fourth-order valence-electron chi connectivity index (χ4n) is 4.46. The van der Waals surface area contributed by atoms with Gasteiger partial charge in [-0.3, -0.25) is 24.7 Å². The molecule has 6 heteroatoms. The molecule has 4 heterocycles. The van der Waals surface area contributed by atoms with Gasteiger partial charge in [0.25, 0.3) is 0 Å². The number of aliphatic imine (C=N–C) groups is 1. The van der Waals surface area contributed by atoms with Crippen molar-refractivity contribution in [1.82, 2.24) is 14.9 Å². The molecule has 2 aromatic heterocycles. The number of aromatic nitrogens is 2. The summed E-state index contributed by atoms with van der Waals surface area (Å²) in [5, 5.41) is 0. The molecule has 1 saturated heterocycles. The Hall–Kier alpha value is -3.12. The smallest absolute Gasteiger partial charge is 0.163 e. The fourth-order valence-corrected chi connectivity index (χ4v) is 4.46. The standard InChI is InChI=1S/C25H27N5O/c1-2-19-13-24-20(14-25(19)31)12-18(15-27-24)17-29-8-10-30(11-9-29)21-5-6-23(28-16-21)22-4-3-7-26-22/h3,5-7,12-13,15-16H,2,4,8-11,14,17H2,1H3. The maximum Gasteiger partial charge on any atom is 0.163 e. The minimum Gasteiger partial charge on any atom is -0.368 e. The van der Waals surface area contributed by atoms with Gasteiger partial charge in [0.05, 0.1) is 29.0 Å². The molecule has 2 aromatic rings. The van der Waals surface area contributed by atoms with Crippen LogP contribution < -0.4 is 4.90 Å². The van der Waals surface area contributed by atoms with E-state index in [1.165, 1.54) is 11.3 Å². The van der Waals surface area contributed by atoms with E-state index in [1.807, 2.05) is 31.6 Å². The van der Waals surface area contributed by atoms with E-state index in [9.17, 15) is 4.79 Å². The molecule has 0 radical (unpaired) electrons. The van der Waals surface area contributed by atoms with E-state index in [4.69, 9.17) is 0 Å². The summed E-state index contributed by atoms with van der Waals surface area (Å²) in [6, 6.07) is 6.39. The first kappa shape index (κ1) is 19.8. The zero-order chi connectivity index (χ0) is 21.2. The van der Waals surface area contributed by atoms with Gasteiger partial charge in [0.1, 0.15) is 0 Å². The number of pyridine rings is 2.